The molecular weight excluding hydrogens is 939 g/mol. The van der Waals surface area contributed by atoms with Crippen LogP contribution in [0.5, 0.6) is 40.2 Å². The molecule has 0 unspecified atom stereocenters. The van der Waals surface area contributed by atoms with Crippen LogP contribution < -0.4 is 38.6 Å². The van der Waals surface area contributed by atoms with Crippen molar-refractivity contribution in [2.75, 3.05) is 12.2 Å². The molecule has 2 saturated carbocycles. The van der Waals surface area contributed by atoms with Crippen molar-refractivity contribution in [3.8, 4) is 40.2 Å². The lowest BCUT2D eigenvalue weighted by Crippen LogP contribution is -2.30. The zero-order valence-corrected chi connectivity index (χ0v) is 38.9. The van der Waals surface area contributed by atoms with E-state index in [0.717, 1.165) is 28.4 Å². The number of carbonyl (C=O) groups excluding carboxylic acids is 7. The summed E-state index contributed by atoms with van der Waals surface area (Å²) < 4.78 is 44.4. The van der Waals surface area contributed by atoms with Gasteiger partial charge in [-0.15, -0.1) is 0 Å². The highest BCUT2D eigenvalue weighted by atomic mass is 32.1. The zero-order valence-electron chi connectivity index (χ0n) is 38.1. The second kappa shape index (κ2) is 24.2. The Kier molecular flexibility index (Phi) is 17.2. The summed E-state index contributed by atoms with van der Waals surface area (Å²) in [7, 11) is 0. The van der Waals surface area contributed by atoms with E-state index in [1.807, 2.05) is 24.3 Å². The molecule has 5 aromatic rings. The molecule has 1 heterocycles. The van der Waals surface area contributed by atoms with Crippen molar-refractivity contribution in [1.82, 2.24) is 4.98 Å². The second-order valence-electron chi connectivity index (χ2n) is 16.1. The summed E-state index contributed by atoms with van der Waals surface area (Å²) in [5.74, 6) is -5.25. The van der Waals surface area contributed by atoms with Gasteiger partial charge in [-0.05, 0) is 118 Å². The topological polar surface area (TPSA) is 231 Å². The lowest BCUT2D eigenvalue weighted by atomic mass is 9.82. The van der Waals surface area contributed by atoms with Crippen molar-refractivity contribution in [3.05, 3.63) is 128 Å². The minimum atomic E-state index is -0.772. The van der Waals surface area contributed by atoms with E-state index in [1.165, 1.54) is 78.2 Å². The average molecular weight is 986 g/mol. The van der Waals surface area contributed by atoms with Gasteiger partial charge in [-0.1, -0.05) is 43.2 Å². The fourth-order valence-corrected chi connectivity index (χ4v) is 8.44. The number of rotatable bonds is 19. The first-order valence-electron chi connectivity index (χ1n) is 22.4. The van der Waals surface area contributed by atoms with E-state index in [1.54, 1.807) is 0 Å². The Hall–Kier alpha value is -8.45. The van der Waals surface area contributed by atoms with Gasteiger partial charge in [0.1, 0.15) is 28.7 Å². The number of hydrogen-bond donors (Lipinski definition) is 1. The van der Waals surface area contributed by atoms with Crippen molar-refractivity contribution < 1.29 is 71.5 Å². The summed E-state index contributed by atoms with van der Waals surface area (Å²) in [4.78, 5) is 92.7. The number of anilines is 1. The number of nitrogens with zero attached hydrogens (tertiary/aromatic N) is 2. The van der Waals surface area contributed by atoms with Gasteiger partial charge in [0.15, 0.2) is 11.5 Å². The standard InChI is InChI=1S/C52H47N3O15S/c1-4-45(56)64-30-63-43-28-39(24-26-42(43)69-47(58)6-3)68-50(61)33-13-11-32(12-14-33)49(60)67-38-23-25-41(35(27-38)29-53-55-52-54-40-9-7-8-10-44(40)71-52)70-51(62)34-17-15-31(16-18-34)48(59)66-37-21-19-36(20-22-37)65-46(57)5-2/h4-10,19-29,31-34H,1-3,11-18,30H2,(H,54,55)/b53-29+. The van der Waals surface area contributed by atoms with Gasteiger partial charge < -0.3 is 37.9 Å². The molecule has 2 fully saturated rings. The minimum Gasteiger partial charge on any atom is -0.453 e. The van der Waals surface area contributed by atoms with Crippen molar-refractivity contribution in [3.63, 3.8) is 0 Å². The molecule has 0 aliphatic heterocycles. The normalized spacial score (nSPS) is 17.4. The van der Waals surface area contributed by atoms with Crippen LogP contribution >= 0.6 is 11.3 Å². The third-order valence-electron chi connectivity index (χ3n) is 11.4. The molecule has 0 radical (unpaired) electrons. The van der Waals surface area contributed by atoms with Gasteiger partial charge in [-0.2, -0.15) is 5.10 Å². The number of benzene rings is 4. The molecule has 1 N–H and O–H groups in total. The summed E-state index contributed by atoms with van der Waals surface area (Å²) in [6, 6.07) is 22.3. The quantitative estimate of drug-likeness (QED) is 0.0204. The first-order chi connectivity index (χ1) is 34.4. The number of aromatic nitrogens is 1. The third kappa shape index (κ3) is 14.1. The van der Waals surface area contributed by atoms with Crippen LogP contribution in [0.1, 0.15) is 56.9 Å². The van der Waals surface area contributed by atoms with Crippen LogP contribution in [-0.2, 0) is 38.3 Å². The highest BCUT2D eigenvalue weighted by Gasteiger charge is 2.34. The Bertz CT molecular complexity index is 2830. The fourth-order valence-electron chi connectivity index (χ4n) is 7.62. The largest absolute Gasteiger partial charge is 0.453 e. The molecular formula is C52H47N3O15S. The summed E-state index contributed by atoms with van der Waals surface area (Å²) in [6.45, 7) is 9.50. The number of fused-ring (bicyclic) bond motifs is 1. The van der Waals surface area contributed by atoms with E-state index in [0.29, 0.717) is 62.1 Å². The second-order valence-corrected chi connectivity index (χ2v) is 17.1. The van der Waals surface area contributed by atoms with Gasteiger partial charge in [-0.3, -0.25) is 24.6 Å². The number of ether oxygens (including phenoxy) is 8. The van der Waals surface area contributed by atoms with Gasteiger partial charge in [0.2, 0.25) is 11.9 Å². The number of carbonyl (C=O) groups is 7. The Morgan fingerprint density at radius 2 is 1.03 bits per heavy atom. The van der Waals surface area contributed by atoms with Crippen LogP contribution in [0.15, 0.2) is 128 Å². The van der Waals surface area contributed by atoms with Crippen LogP contribution in [0.3, 0.4) is 0 Å². The predicted octanol–water partition coefficient (Wildman–Crippen LogP) is 8.63. The molecule has 2 aliphatic rings. The van der Waals surface area contributed by atoms with Crippen molar-refractivity contribution >= 4 is 74.7 Å². The van der Waals surface area contributed by atoms with Gasteiger partial charge >= 0.3 is 41.8 Å². The Morgan fingerprint density at radius 3 is 1.59 bits per heavy atom. The van der Waals surface area contributed by atoms with Crippen molar-refractivity contribution in [2.24, 2.45) is 28.8 Å². The molecule has 0 spiro atoms. The van der Waals surface area contributed by atoms with E-state index < -0.39 is 72.2 Å². The first kappa shape index (κ1) is 50.4. The van der Waals surface area contributed by atoms with Gasteiger partial charge in [0.25, 0.3) is 0 Å². The smallest absolute Gasteiger partial charge is 0.335 e. The summed E-state index contributed by atoms with van der Waals surface area (Å²) in [5, 5.41) is 4.88. The summed E-state index contributed by atoms with van der Waals surface area (Å²) in [5.41, 5.74) is 4.03. The van der Waals surface area contributed by atoms with Crippen LogP contribution in [0.25, 0.3) is 10.2 Å². The maximum absolute atomic E-state index is 13.6. The molecule has 366 valence electrons. The average Bonchev–Trinajstić information content (AvgIpc) is 3.81. The molecule has 0 atom stereocenters. The molecule has 4 aromatic carbocycles. The molecule has 0 saturated heterocycles. The fraction of sp³-hybridized carbons (Fsp3) is 0.250. The van der Waals surface area contributed by atoms with Gasteiger partial charge in [0.05, 0.1) is 40.1 Å². The lowest BCUT2D eigenvalue weighted by molar-refractivity contribution is -0.145. The Balaban J connectivity index is 0.950. The highest BCUT2D eigenvalue weighted by molar-refractivity contribution is 7.22. The van der Waals surface area contributed by atoms with E-state index in [4.69, 9.17) is 37.9 Å². The third-order valence-corrected chi connectivity index (χ3v) is 12.3. The number of thiazole rings is 1. The molecule has 0 bridgehead atoms. The van der Waals surface area contributed by atoms with Gasteiger partial charge in [-0.25, -0.2) is 19.4 Å². The van der Waals surface area contributed by atoms with E-state index in [2.05, 4.69) is 35.2 Å². The van der Waals surface area contributed by atoms with Crippen molar-refractivity contribution in [1.29, 1.82) is 0 Å². The van der Waals surface area contributed by atoms with E-state index in [-0.39, 0.29) is 40.2 Å². The highest BCUT2D eigenvalue weighted by Crippen LogP contribution is 2.37. The predicted molar refractivity (Wildman–Crippen MR) is 257 cm³/mol. The van der Waals surface area contributed by atoms with Crippen LogP contribution in [-0.4, -0.2) is 59.8 Å². The summed E-state index contributed by atoms with van der Waals surface area (Å²) in [6.07, 6.45) is 7.22. The molecule has 0 amide bonds. The SMILES string of the molecule is C=CC(=O)OCOc1cc(OC(=O)C2CCC(C(=O)Oc3ccc(OC(=O)C4CCC(C(=O)Oc5ccc(OC(=O)C=C)cc5)CC4)c(/C=N/Nc4nc5ccccc5s4)c3)CC2)ccc1OC(=O)C=C. The zero-order chi connectivity index (χ0) is 50.3. The minimum absolute atomic E-state index is 0.0336. The molecule has 1 aromatic heterocycles. The number of esters is 7. The summed E-state index contributed by atoms with van der Waals surface area (Å²) >= 11 is 1.40. The maximum Gasteiger partial charge on any atom is 0.335 e. The molecule has 2 aliphatic carbocycles. The Labute approximate surface area is 410 Å². The maximum atomic E-state index is 13.6. The number of nitrogens with one attached hydrogen (secondary N) is 1. The number of hydrogen-bond acceptors (Lipinski definition) is 19. The first-order valence-corrected chi connectivity index (χ1v) is 23.2. The van der Waals surface area contributed by atoms with Gasteiger partial charge in [0, 0.05) is 29.9 Å². The van der Waals surface area contributed by atoms with Crippen LogP contribution in [0.2, 0.25) is 0 Å². The van der Waals surface area contributed by atoms with Crippen molar-refractivity contribution in [2.45, 2.75) is 51.4 Å². The van der Waals surface area contributed by atoms with E-state index >= 15 is 0 Å². The molecule has 18 nitrogen and oxygen atoms in total. The van der Waals surface area contributed by atoms with E-state index in [9.17, 15) is 33.6 Å². The van der Waals surface area contributed by atoms with Crippen LogP contribution in [0.4, 0.5) is 5.13 Å². The number of hydrazone groups is 1. The van der Waals surface area contributed by atoms with Crippen LogP contribution in [0, 0.1) is 23.7 Å². The monoisotopic (exact) mass is 985 g/mol. The Morgan fingerprint density at radius 1 is 0.549 bits per heavy atom. The molecule has 19 heteroatoms. The molecule has 7 rings (SSSR count). The number of para-hydroxylation sites is 1. The molecule has 71 heavy (non-hydrogen) atoms. The lowest BCUT2D eigenvalue weighted by Gasteiger charge is -2.26.